The van der Waals surface area contributed by atoms with Crippen LogP contribution < -0.4 is 5.73 Å². The van der Waals surface area contributed by atoms with Crippen LogP contribution in [0.1, 0.15) is 70.6 Å². The number of nitrogens with two attached hydrogens (primary N) is 1. The van der Waals surface area contributed by atoms with E-state index < -0.39 is 0 Å². The molecule has 1 saturated heterocycles. The van der Waals surface area contributed by atoms with E-state index in [0.717, 1.165) is 6.54 Å². The van der Waals surface area contributed by atoms with Crippen molar-refractivity contribution < 1.29 is 0 Å². The van der Waals surface area contributed by atoms with E-state index in [2.05, 4.69) is 16.8 Å². The number of hydrogen-bond donors (Lipinski definition) is 1. The number of likely N-dealkylation sites (N-methyl/N-ethyl adjacent to an activating group) is 1. The zero-order valence-corrected chi connectivity index (χ0v) is 14.3. The van der Waals surface area contributed by atoms with Gasteiger partial charge in [-0.25, -0.2) is 0 Å². The maximum absolute atomic E-state index is 6.33. The predicted octanol–water partition coefficient (Wildman–Crippen LogP) is 3.24. The van der Waals surface area contributed by atoms with Crippen LogP contribution in [0.25, 0.3) is 0 Å². The van der Waals surface area contributed by atoms with Crippen molar-refractivity contribution in [3.63, 3.8) is 0 Å². The van der Waals surface area contributed by atoms with E-state index in [1.54, 1.807) is 0 Å². The van der Waals surface area contributed by atoms with Crippen LogP contribution in [0.15, 0.2) is 0 Å². The van der Waals surface area contributed by atoms with Crippen LogP contribution >= 0.6 is 0 Å². The van der Waals surface area contributed by atoms with Gasteiger partial charge in [-0.15, -0.1) is 0 Å². The molecule has 1 aliphatic heterocycles. The molecule has 0 spiro atoms. The Hall–Kier alpha value is -0.120. The number of rotatable bonds is 2. The molecule has 2 aliphatic rings. The normalized spacial score (nSPS) is 27.7. The topological polar surface area (TPSA) is 32.5 Å². The van der Waals surface area contributed by atoms with Crippen molar-refractivity contribution in [1.82, 2.24) is 9.80 Å². The summed E-state index contributed by atoms with van der Waals surface area (Å²) < 4.78 is 0. The third kappa shape index (κ3) is 5.22. The van der Waals surface area contributed by atoms with Crippen molar-refractivity contribution in [1.29, 1.82) is 0 Å². The second kappa shape index (κ2) is 9.12. The van der Waals surface area contributed by atoms with Gasteiger partial charge in [-0.1, -0.05) is 57.8 Å². The number of nitrogens with zero attached hydrogens (tertiary/aromatic N) is 2. The fourth-order valence-corrected chi connectivity index (χ4v) is 4.20. The lowest BCUT2D eigenvalue weighted by Crippen LogP contribution is -2.59. The van der Waals surface area contributed by atoms with E-state index in [-0.39, 0.29) is 0 Å². The molecule has 2 fully saturated rings. The van der Waals surface area contributed by atoms with Crippen molar-refractivity contribution in [2.75, 3.05) is 39.8 Å². The van der Waals surface area contributed by atoms with Gasteiger partial charge in [-0.3, -0.25) is 4.90 Å². The van der Waals surface area contributed by atoms with Crippen molar-refractivity contribution in [3.05, 3.63) is 0 Å². The predicted molar refractivity (Wildman–Crippen MR) is 91.6 cm³/mol. The van der Waals surface area contributed by atoms with Crippen LogP contribution in [0.3, 0.4) is 0 Å². The highest BCUT2D eigenvalue weighted by Crippen LogP contribution is 2.30. The summed E-state index contributed by atoms with van der Waals surface area (Å²) in [5, 5.41) is 0. The summed E-state index contributed by atoms with van der Waals surface area (Å²) in [4.78, 5) is 5.20. The largest absolute Gasteiger partial charge is 0.329 e. The number of hydrogen-bond acceptors (Lipinski definition) is 3. The standard InChI is InChI=1S/C18H37N3/c1-20-13-15-21(16-14-20)18(17-19)11-9-7-5-3-2-4-6-8-10-12-18/h2-17,19H2,1H3. The van der Waals surface area contributed by atoms with Gasteiger partial charge in [0.1, 0.15) is 0 Å². The Balaban J connectivity index is 1.96. The molecular formula is C18H37N3. The Morgan fingerprint density at radius 1 is 0.714 bits per heavy atom. The summed E-state index contributed by atoms with van der Waals surface area (Å²) >= 11 is 0. The van der Waals surface area contributed by atoms with Gasteiger partial charge in [0.05, 0.1) is 0 Å². The van der Waals surface area contributed by atoms with Crippen molar-refractivity contribution in [3.8, 4) is 0 Å². The summed E-state index contributed by atoms with van der Waals surface area (Å²) in [6.45, 7) is 5.71. The van der Waals surface area contributed by atoms with Crippen LogP contribution in [-0.2, 0) is 0 Å². The molecular weight excluding hydrogens is 258 g/mol. The first-order chi connectivity index (χ1) is 10.3. The minimum absolute atomic E-state index is 0.306. The third-order valence-electron chi connectivity index (χ3n) is 5.84. The summed E-state index contributed by atoms with van der Waals surface area (Å²) in [5.74, 6) is 0. The van der Waals surface area contributed by atoms with Crippen LogP contribution in [0.5, 0.6) is 0 Å². The van der Waals surface area contributed by atoms with E-state index in [1.807, 2.05) is 0 Å². The highest BCUT2D eigenvalue weighted by atomic mass is 15.3. The Kier molecular flexibility index (Phi) is 7.48. The van der Waals surface area contributed by atoms with Gasteiger partial charge >= 0.3 is 0 Å². The first-order valence-electron chi connectivity index (χ1n) is 9.40. The zero-order chi connectivity index (χ0) is 15.0. The molecule has 2 N–H and O–H groups in total. The highest BCUT2D eigenvalue weighted by Gasteiger charge is 2.35. The van der Waals surface area contributed by atoms with Crippen molar-refractivity contribution >= 4 is 0 Å². The Labute approximate surface area is 132 Å². The zero-order valence-electron chi connectivity index (χ0n) is 14.3. The summed E-state index contributed by atoms with van der Waals surface area (Å²) in [6.07, 6.45) is 15.5. The summed E-state index contributed by atoms with van der Waals surface area (Å²) in [7, 11) is 2.24. The van der Waals surface area contributed by atoms with Gasteiger partial charge in [0.2, 0.25) is 0 Å². The van der Waals surface area contributed by atoms with Crippen LogP contribution in [0, 0.1) is 0 Å². The fraction of sp³-hybridized carbons (Fsp3) is 1.00. The molecule has 0 bridgehead atoms. The van der Waals surface area contributed by atoms with E-state index in [0.29, 0.717) is 5.54 Å². The molecule has 0 atom stereocenters. The maximum atomic E-state index is 6.33. The third-order valence-corrected chi connectivity index (χ3v) is 5.84. The fourth-order valence-electron chi connectivity index (χ4n) is 4.20. The molecule has 1 saturated carbocycles. The van der Waals surface area contributed by atoms with Crippen molar-refractivity contribution in [2.24, 2.45) is 5.73 Å². The van der Waals surface area contributed by atoms with E-state index in [4.69, 9.17) is 5.73 Å². The Morgan fingerprint density at radius 3 is 1.57 bits per heavy atom. The van der Waals surface area contributed by atoms with E-state index in [9.17, 15) is 0 Å². The van der Waals surface area contributed by atoms with Gasteiger partial charge in [-0.2, -0.15) is 0 Å². The van der Waals surface area contributed by atoms with Gasteiger partial charge in [-0.05, 0) is 19.9 Å². The van der Waals surface area contributed by atoms with Crippen LogP contribution in [0.2, 0.25) is 0 Å². The monoisotopic (exact) mass is 295 g/mol. The maximum Gasteiger partial charge on any atom is 0.0332 e. The second-order valence-corrected chi connectivity index (χ2v) is 7.40. The molecule has 3 heteroatoms. The molecule has 0 radical (unpaired) electrons. The first-order valence-corrected chi connectivity index (χ1v) is 9.40. The molecule has 2 rings (SSSR count). The van der Waals surface area contributed by atoms with Gasteiger partial charge in [0, 0.05) is 38.3 Å². The SMILES string of the molecule is CN1CCN(C2(CN)CCCCCCCCCCC2)CC1. The summed E-state index contributed by atoms with van der Waals surface area (Å²) in [6, 6.07) is 0. The minimum Gasteiger partial charge on any atom is -0.329 e. The van der Waals surface area contributed by atoms with Crippen LogP contribution in [-0.4, -0.2) is 55.1 Å². The summed E-state index contributed by atoms with van der Waals surface area (Å²) in [5.41, 5.74) is 6.63. The molecule has 0 amide bonds. The number of piperazine rings is 1. The second-order valence-electron chi connectivity index (χ2n) is 7.40. The average Bonchev–Trinajstić information content (AvgIpc) is 2.49. The molecule has 0 unspecified atom stereocenters. The lowest BCUT2D eigenvalue weighted by molar-refractivity contribution is 0.0287. The first kappa shape index (κ1) is 17.2. The molecule has 0 aromatic rings. The van der Waals surface area contributed by atoms with Gasteiger partial charge in [0.15, 0.2) is 0 Å². The average molecular weight is 296 g/mol. The minimum atomic E-state index is 0.306. The van der Waals surface area contributed by atoms with Gasteiger partial charge in [0.25, 0.3) is 0 Å². The highest BCUT2D eigenvalue weighted by molar-refractivity contribution is 4.94. The molecule has 124 valence electrons. The lowest BCUT2D eigenvalue weighted by Gasteiger charge is -2.47. The Bertz CT molecular complexity index is 260. The quantitative estimate of drug-likeness (QED) is 0.849. The lowest BCUT2D eigenvalue weighted by atomic mass is 9.83. The smallest absolute Gasteiger partial charge is 0.0332 e. The van der Waals surface area contributed by atoms with E-state index in [1.165, 1.54) is 96.8 Å². The van der Waals surface area contributed by atoms with E-state index >= 15 is 0 Å². The molecule has 0 aromatic carbocycles. The Morgan fingerprint density at radius 2 is 1.14 bits per heavy atom. The molecule has 3 nitrogen and oxygen atoms in total. The molecule has 1 heterocycles. The van der Waals surface area contributed by atoms with Crippen molar-refractivity contribution in [2.45, 2.75) is 76.2 Å². The molecule has 21 heavy (non-hydrogen) atoms. The van der Waals surface area contributed by atoms with Gasteiger partial charge < -0.3 is 10.6 Å². The molecule has 1 aliphatic carbocycles. The van der Waals surface area contributed by atoms with Crippen LogP contribution in [0.4, 0.5) is 0 Å². The molecule has 0 aromatic heterocycles.